The van der Waals surface area contributed by atoms with E-state index in [0.29, 0.717) is 24.1 Å². The van der Waals surface area contributed by atoms with Crippen molar-refractivity contribution in [2.24, 2.45) is 0 Å². The molecule has 0 radical (unpaired) electrons. The van der Waals surface area contributed by atoms with Crippen molar-refractivity contribution in [2.45, 2.75) is 19.4 Å². The van der Waals surface area contributed by atoms with Crippen molar-refractivity contribution in [3.8, 4) is 18.2 Å². The molecule has 0 unspecified atom stereocenters. The predicted octanol–water partition coefficient (Wildman–Crippen LogP) is 2.77. The number of hydrogen-bond donors (Lipinski definition) is 2. The number of fused-ring (bicyclic) bond motifs is 6. The number of rotatable bonds is 12. The van der Waals surface area contributed by atoms with Crippen molar-refractivity contribution in [3.05, 3.63) is 70.1 Å². The van der Waals surface area contributed by atoms with Gasteiger partial charge in [-0.3, -0.25) is 0 Å². The van der Waals surface area contributed by atoms with Crippen molar-refractivity contribution >= 4 is 69.8 Å². The molecule has 4 aromatic rings. The minimum atomic E-state index is -1.04. The second kappa shape index (κ2) is 14.0. The van der Waals surface area contributed by atoms with Gasteiger partial charge in [0.1, 0.15) is 0 Å². The first-order chi connectivity index (χ1) is 22.3. The fourth-order valence-corrected chi connectivity index (χ4v) is 8.65. The second-order valence-corrected chi connectivity index (χ2v) is 12.4. The van der Waals surface area contributed by atoms with Gasteiger partial charge in [0.25, 0.3) is 0 Å². The Labute approximate surface area is 269 Å². The van der Waals surface area contributed by atoms with Gasteiger partial charge >= 0.3 is 270 Å². The van der Waals surface area contributed by atoms with Crippen LogP contribution in [0.25, 0.3) is 36.9 Å². The molecule has 1 fully saturated rings. The van der Waals surface area contributed by atoms with Gasteiger partial charge in [-0.2, -0.15) is 0 Å². The maximum atomic E-state index is 11.8. The van der Waals surface area contributed by atoms with E-state index in [-0.39, 0.29) is 61.6 Å². The molecule has 2 heterocycles. The van der Waals surface area contributed by atoms with Crippen molar-refractivity contribution in [3.63, 3.8) is 0 Å². The summed E-state index contributed by atoms with van der Waals surface area (Å²) < 4.78 is 8.08. The predicted molar refractivity (Wildman–Crippen MR) is 167 cm³/mol. The van der Waals surface area contributed by atoms with Gasteiger partial charge in [-0.1, -0.05) is 0 Å². The number of allylic oxidation sites excluding steroid dienone is 3. The van der Waals surface area contributed by atoms with Crippen LogP contribution in [0.2, 0.25) is 0 Å². The third-order valence-electron chi connectivity index (χ3n) is 7.78. The molecular formula is C33H27N6O6Se+. The molecule has 46 heavy (non-hydrogen) atoms. The number of ether oxygens (including phenoxy) is 1. The summed E-state index contributed by atoms with van der Waals surface area (Å²) in [6, 6.07) is 22.0. The van der Waals surface area contributed by atoms with E-state index in [1.807, 2.05) is 48.5 Å². The van der Waals surface area contributed by atoms with Crippen molar-refractivity contribution in [1.29, 1.82) is 15.8 Å². The number of carboxylic acid groups (broad SMARTS) is 2. The van der Waals surface area contributed by atoms with Gasteiger partial charge < -0.3 is 0 Å². The number of aliphatic carboxylic acids is 2. The Bertz CT molecular complexity index is 2080. The maximum absolute atomic E-state index is 11.8. The first kappa shape index (κ1) is 31.7. The first-order valence-corrected chi connectivity index (χ1v) is 16.0. The number of nitrogens with zero attached hydrogens (tertiary/aromatic N) is 6. The van der Waals surface area contributed by atoms with Crippen LogP contribution in [0.1, 0.15) is 17.4 Å². The fourth-order valence-electron chi connectivity index (χ4n) is 5.83. The number of benzene rings is 3. The van der Waals surface area contributed by atoms with Gasteiger partial charge in [0, 0.05) is 0 Å². The molecule has 0 saturated carbocycles. The van der Waals surface area contributed by atoms with E-state index in [1.54, 1.807) is 14.4 Å². The summed E-state index contributed by atoms with van der Waals surface area (Å²) in [4.78, 5) is 37.4. The zero-order valence-electron chi connectivity index (χ0n) is 24.5. The standard InChI is InChI=1S/C33H26N6O6Se/c34-17-25(26(18-35)32-37(11-9-28(41)42)13-14-38(32)15-16-45-20-40)27(19-36)33-39(12-10-29(43)44)30-23-7-3-1-5-21(23)22-6-2-4-8-24(22)31(30)46-33/h1-8,20H,9-16H2,(H-,41,42,43,44)/p+1. The van der Waals surface area contributed by atoms with E-state index in [0.717, 1.165) is 31.3 Å². The van der Waals surface area contributed by atoms with E-state index >= 15 is 0 Å². The minimum absolute atomic E-state index is 0.00586. The molecule has 1 aromatic heterocycles. The summed E-state index contributed by atoms with van der Waals surface area (Å²) >= 11 is -0.563. The summed E-state index contributed by atoms with van der Waals surface area (Å²) in [7, 11) is 0. The van der Waals surface area contributed by atoms with Gasteiger partial charge in [-0.15, -0.1) is 0 Å². The summed E-state index contributed by atoms with van der Waals surface area (Å²) in [6.07, 6.45) is -0.461. The van der Waals surface area contributed by atoms with Crippen molar-refractivity contribution in [1.82, 2.24) is 9.80 Å². The van der Waals surface area contributed by atoms with Crippen LogP contribution in [-0.2, 0) is 25.7 Å². The van der Waals surface area contributed by atoms with Crippen molar-refractivity contribution in [2.75, 3.05) is 32.8 Å². The number of aryl methyl sites for hydroxylation is 1. The number of carbonyl (C=O) groups excluding carboxylic acids is 1. The van der Waals surface area contributed by atoms with Crippen LogP contribution in [0.4, 0.5) is 0 Å². The van der Waals surface area contributed by atoms with Crippen LogP contribution in [0.3, 0.4) is 0 Å². The zero-order chi connectivity index (χ0) is 32.8. The summed E-state index contributed by atoms with van der Waals surface area (Å²) in [5.74, 6) is -1.79. The average Bonchev–Trinajstić information content (AvgIpc) is 3.64. The Kier molecular flexibility index (Phi) is 9.64. The summed E-state index contributed by atoms with van der Waals surface area (Å²) in [5.41, 5.74) is 0.427. The van der Waals surface area contributed by atoms with E-state index in [9.17, 15) is 40.4 Å². The van der Waals surface area contributed by atoms with Gasteiger partial charge in [-0.25, -0.2) is 0 Å². The number of carboxylic acids is 2. The molecule has 0 aliphatic carbocycles. The Morgan fingerprint density at radius 1 is 0.870 bits per heavy atom. The Morgan fingerprint density at radius 3 is 2.07 bits per heavy atom. The molecule has 1 aliphatic rings. The monoisotopic (exact) mass is 683 g/mol. The molecule has 0 spiro atoms. The van der Waals surface area contributed by atoms with Crippen molar-refractivity contribution < 1.29 is 33.9 Å². The molecule has 12 nitrogen and oxygen atoms in total. The molecule has 3 aromatic carbocycles. The molecule has 5 rings (SSSR count). The van der Waals surface area contributed by atoms with Crippen LogP contribution >= 0.6 is 0 Å². The first-order valence-electron chi connectivity index (χ1n) is 14.3. The number of aromatic nitrogens is 1. The van der Waals surface area contributed by atoms with Crippen LogP contribution in [0, 0.1) is 34.0 Å². The van der Waals surface area contributed by atoms with Gasteiger partial charge in [0.2, 0.25) is 0 Å². The van der Waals surface area contributed by atoms with E-state index < -0.39 is 26.4 Å². The molecule has 0 amide bonds. The molecule has 0 atom stereocenters. The molecule has 13 heteroatoms. The quantitative estimate of drug-likeness (QED) is 0.0560. The molecular weight excluding hydrogens is 655 g/mol. The number of carbonyl (C=O) groups is 3. The molecule has 230 valence electrons. The fraction of sp³-hybridized carbons (Fsp3) is 0.242. The normalized spacial score (nSPS) is 14.5. The number of hydrogen-bond acceptors (Lipinski definition) is 9. The SMILES string of the molecule is N#CC(=C(/C#N)c1[se]c2c3ccccc3c3ccccc3c2[n+]1CCC(=O)O)/C(C#N)=C1\N(CCOC=O)CCN1CCC(=O)O. The van der Waals surface area contributed by atoms with Gasteiger partial charge in [0.15, 0.2) is 0 Å². The Hall–Kier alpha value is -5.67. The molecule has 1 saturated heterocycles. The zero-order valence-corrected chi connectivity index (χ0v) is 26.2. The second-order valence-electron chi connectivity index (χ2n) is 10.3. The van der Waals surface area contributed by atoms with Crippen LogP contribution in [-0.4, -0.2) is 85.7 Å². The Balaban J connectivity index is 1.83. The van der Waals surface area contributed by atoms with E-state index in [4.69, 9.17) is 4.74 Å². The third kappa shape index (κ3) is 6.00. The molecule has 1 aliphatic heterocycles. The van der Waals surface area contributed by atoms with Gasteiger partial charge in [0.05, 0.1) is 0 Å². The topological polar surface area (TPSA) is 183 Å². The molecule has 2 N–H and O–H groups in total. The van der Waals surface area contributed by atoms with Crippen LogP contribution in [0.5, 0.6) is 0 Å². The average molecular weight is 683 g/mol. The van der Waals surface area contributed by atoms with Crippen LogP contribution < -0.4 is 4.57 Å². The van der Waals surface area contributed by atoms with E-state index in [2.05, 4.69) is 18.2 Å². The Morgan fingerprint density at radius 2 is 1.48 bits per heavy atom. The summed E-state index contributed by atoms with van der Waals surface area (Å²) in [6.45, 7) is 1.28. The third-order valence-corrected chi connectivity index (χ3v) is 10.4. The summed E-state index contributed by atoms with van der Waals surface area (Å²) in [5, 5.41) is 54.5. The van der Waals surface area contributed by atoms with Crippen LogP contribution in [0.15, 0.2) is 65.5 Å². The van der Waals surface area contributed by atoms with E-state index in [1.165, 1.54) is 0 Å². The number of nitriles is 3. The molecule has 0 bridgehead atoms. The van der Waals surface area contributed by atoms with Gasteiger partial charge in [-0.05, 0) is 0 Å².